The summed E-state index contributed by atoms with van der Waals surface area (Å²) in [6.45, 7) is 7.68. The van der Waals surface area contributed by atoms with Crippen molar-refractivity contribution in [3.63, 3.8) is 0 Å². The normalized spacial score (nSPS) is 12.7. The van der Waals surface area contributed by atoms with Crippen LogP contribution in [0.2, 0.25) is 0 Å². The lowest BCUT2D eigenvalue weighted by Gasteiger charge is -2.20. The zero-order valence-corrected chi connectivity index (χ0v) is 11.6. The molecule has 1 rings (SSSR count). The molecule has 0 aliphatic rings. The Bertz CT molecular complexity index is 479. The fourth-order valence-electron chi connectivity index (χ4n) is 1.63. The van der Waals surface area contributed by atoms with E-state index in [4.69, 9.17) is 4.74 Å². The van der Waals surface area contributed by atoms with E-state index in [2.05, 4.69) is 18.4 Å². The second-order valence-corrected chi connectivity index (χ2v) is 4.50. The van der Waals surface area contributed by atoms with Crippen LogP contribution < -0.4 is 0 Å². The summed E-state index contributed by atoms with van der Waals surface area (Å²) in [6, 6.07) is 9.64. The number of benzene rings is 1. The van der Waals surface area contributed by atoms with Gasteiger partial charge in [-0.2, -0.15) is 0 Å². The fraction of sp³-hybridized carbons (Fsp3) is 0.353. The van der Waals surface area contributed by atoms with E-state index in [1.807, 2.05) is 37.3 Å². The largest absolute Gasteiger partial charge is 0.465 e. The number of carbonyl (C=O) groups excluding carboxylic acids is 1. The molecule has 0 heterocycles. The molecule has 100 valence electrons. The van der Waals surface area contributed by atoms with Crippen molar-refractivity contribution in [3.8, 4) is 11.8 Å². The summed E-state index contributed by atoms with van der Waals surface area (Å²) >= 11 is 0. The maximum absolute atomic E-state index is 12.0. The molecule has 0 amide bonds. The molecule has 0 saturated carbocycles. The average Bonchev–Trinajstić information content (AvgIpc) is 2.44. The summed E-state index contributed by atoms with van der Waals surface area (Å²) in [6.07, 6.45) is 3.15. The van der Waals surface area contributed by atoms with Gasteiger partial charge in [0, 0.05) is 5.56 Å². The standard InChI is InChI=1S/C17H20O2/c1-4-6-13-17(3,16(18)19-5-2)14-12-15-10-8-7-9-11-15/h4,7-11H,1,5-6,13H2,2-3H3. The molecular formula is C17H20O2. The predicted molar refractivity (Wildman–Crippen MR) is 77.5 cm³/mol. The zero-order chi connectivity index (χ0) is 14.1. The second-order valence-electron chi connectivity index (χ2n) is 4.50. The van der Waals surface area contributed by atoms with Gasteiger partial charge in [-0.15, -0.1) is 6.58 Å². The number of hydrogen-bond donors (Lipinski definition) is 0. The number of allylic oxidation sites excluding steroid dienone is 1. The van der Waals surface area contributed by atoms with Gasteiger partial charge in [0.25, 0.3) is 0 Å². The molecule has 0 aliphatic carbocycles. The molecule has 1 unspecified atom stereocenters. The molecule has 0 spiro atoms. The summed E-state index contributed by atoms with van der Waals surface area (Å²) in [7, 11) is 0. The smallest absolute Gasteiger partial charge is 0.323 e. The van der Waals surface area contributed by atoms with Crippen LogP contribution in [0.15, 0.2) is 43.0 Å². The first-order valence-corrected chi connectivity index (χ1v) is 6.48. The number of hydrogen-bond acceptors (Lipinski definition) is 2. The molecular weight excluding hydrogens is 236 g/mol. The first kappa shape index (κ1) is 15.0. The van der Waals surface area contributed by atoms with Gasteiger partial charge in [-0.1, -0.05) is 36.1 Å². The molecule has 2 nitrogen and oxygen atoms in total. The van der Waals surface area contributed by atoms with Gasteiger partial charge < -0.3 is 4.74 Å². The highest BCUT2D eigenvalue weighted by Gasteiger charge is 2.31. The average molecular weight is 256 g/mol. The Balaban J connectivity index is 2.94. The van der Waals surface area contributed by atoms with Crippen LogP contribution in [0.3, 0.4) is 0 Å². The Morgan fingerprint density at radius 2 is 2.11 bits per heavy atom. The monoisotopic (exact) mass is 256 g/mol. The van der Waals surface area contributed by atoms with Crippen LogP contribution in [-0.4, -0.2) is 12.6 Å². The van der Waals surface area contributed by atoms with Crippen molar-refractivity contribution < 1.29 is 9.53 Å². The highest BCUT2D eigenvalue weighted by molar-refractivity contribution is 5.80. The van der Waals surface area contributed by atoms with Crippen molar-refractivity contribution in [2.75, 3.05) is 6.61 Å². The van der Waals surface area contributed by atoms with Crippen molar-refractivity contribution in [1.82, 2.24) is 0 Å². The van der Waals surface area contributed by atoms with Crippen LogP contribution in [0.25, 0.3) is 0 Å². The molecule has 1 atom stereocenters. The summed E-state index contributed by atoms with van der Waals surface area (Å²) in [5.41, 5.74) is 0.122. The zero-order valence-electron chi connectivity index (χ0n) is 11.6. The van der Waals surface area contributed by atoms with Crippen LogP contribution in [-0.2, 0) is 9.53 Å². The SMILES string of the molecule is C=CCCC(C)(C#Cc1ccccc1)C(=O)OCC. The van der Waals surface area contributed by atoms with Crippen molar-refractivity contribution in [2.45, 2.75) is 26.7 Å². The van der Waals surface area contributed by atoms with E-state index in [0.29, 0.717) is 13.0 Å². The van der Waals surface area contributed by atoms with E-state index < -0.39 is 5.41 Å². The van der Waals surface area contributed by atoms with Crippen LogP contribution >= 0.6 is 0 Å². The minimum atomic E-state index is -0.778. The van der Waals surface area contributed by atoms with Gasteiger partial charge >= 0.3 is 5.97 Å². The van der Waals surface area contributed by atoms with Gasteiger partial charge in [-0.3, -0.25) is 4.79 Å². The lowest BCUT2D eigenvalue weighted by molar-refractivity contribution is -0.151. The lowest BCUT2D eigenvalue weighted by Crippen LogP contribution is -2.28. The van der Waals surface area contributed by atoms with Crippen molar-refractivity contribution in [2.24, 2.45) is 5.41 Å². The van der Waals surface area contributed by atoms with Gasteiger partial charge in [-0.25, -0.2) is 0 Å². The highest BCUT2D eigenvalue weighted by Crippen LogP contribution is 2.24. The molecule has 1 aromatic rings. The molecule has 0 fully saturated rings. The summed E-state index contributed by atoms with van der Waals surface area (Å²) in [5.74, 6) is 5.84. The lowest BCUT2D eigenvalue weighted by atomic mass is 9.86. The molecule has 0 N–H and O–H groups in total. The van der Waals surface area contributed by atoms with Crippen LogP contribution in [0.5, 0.6) is 0 Å². The van der Waals surface area contributed by atoms with Gasteiger partial charge in [0.15, 0.2) is 0 Å². The number of carbonyl (C=O) groups is 1. The van der Waals surface area contributed by atoms with E-state index in [1.54, 1.807) is 13.0 Å². The summed E-state index contributed by atoms with van der Waals surface area (Å²) in [4.78, 5) is 12.0. The third-order valence-electron chi connectivity index (χ3n) is 2.83. The molecule has 19 heavy (non-hydrogen) atoms. The quantitative estimate of drug-likeness (QED) is 0.457. The Hall–Kier alpha value is -2.01. The van der Waals surface area contributed by atoms with Crippen LogP contribution in [0.1, 0.15) is 32.3 Å². The summed E-state index contributed by atoms with van der Waals surface area (Å²) < 4.78 is 5.12. The second kappa shape index (κ2) is 7.43. The minimum Gasteiger partial charge on any atom is -0.465 e. The van der Waals surface area contributed by atoms with Crippen LogP contribution in [0.4, 0.5) is 0 Å². The topological polar surface area (TPSA) is 26.3 Å². The minimum absolute atomic E-state index is 0.264. The molecule has 0 saturated heterocycles. The number of rotatable bonds is 5. The Morgan fingerprint density at radius 3 is 2.68 bits per heavy atom. The molecule has 1 aromatic carbocycles. The van der Waals surface area contributed by atoms with Gasteiger partial charge in [-0.05, 0) is 38.8 Å². The number of ether oxygens (including phenoxy) is 1. The van der Waals surface area contributed by atoms with Gasteiger partial charge in [0.2, 0.25) is 0 Å². The first-order chi connectivity index (χ1) is 9.12. The predicted octanol–water partition coefficient (Wildman–Crippen LogP) is 3.57. The van der Waals surface area contributed by atoms with E-state index in [1.165, 1.54) is 0 Å². The fourth-order valence-corrected chi connectivity index (χ4v) is 1.63. The van der Waals surface area contributed by atoms with Crippen molar-refractivity contribution >= 4 is 5.97 Å². The molecule has 0 bridgehead atoms. The first-order valence-electron chi connectivity index (χ1n) is 6.48. The molecule has 0 aromatic heterocycles. The van der Waals surface area contributed by atoms with E-state index in [-0.39, 0.29) is 5.97 Å². The molecule has 0 aliphatic heterocycles. The van der Waals surface area contributed by atoms with E-state index in [9.17, 15) is 4.79 Å². The van der Waals surface area contributed by atoms with Crippen molar-refractivity contribution in [1.29, 1.82) is 0 Å². The van der Waals surface area contributed by atoms with Gasteiger partial charge in [0.1, 0.15) is 5.41 Å². The summed E-state index contributed by atoms with van der Waals surface area (Å²) in [5, 5.41) is 0. The maximum atomic E-state index is 12.0. The molecule has 2 heteroatoms. The third kappa shape index (κ3) is 4.63. The van der Waals surface area contributed by atoms with Gasteiger partial charge in [0.05, 0.1) is 6.61 Å². The Morgan fingerprint density at radius 1 is 1.42 bits per heavy atom. The molecule has 0 radical (unpaired) electrons. The van der Waals surface area contributed by atoms with E-state index >= 15 is 0 Å². The Labute approximate surface area is 115 Å². The highest BCUT2D eigenvalue weighted by atomic mass is 16.5. The number of esters is 1. The maximum Gasteiger partial charge on any atom is 0.323 e. The third-order valence-corrected chi connectivity index (χ3v) is 2.83. The Kier molecular flexibility index (Phi) is 5.89. The van der Waals surface area contributed by atoms with Crippen LogP contribution in [0, 0.1) is 17.3 Å². The van der Waals surface area contributed by atoms with E-state index in [0.717, 1.165) is 12.0 Å². The van der Waals surface area contributed by atoms with Crippen molar-refractivity contribution in [3.05, 3.63) is 48.6 Å².